The summed E-state index contributed by atoms with van der Waals surface area (Å²) in [6, 6.07) is 7.12. The molecule has 6 heteroatoms. The van der Waals surface area contributed by atoms with Crippen LogP contribution in [0.25, 0.3) is 0 Å². The zero-order valence-electron chi connectivity index (χ0n) is 12.1. The number of carbonyl (C=O) groups is 2. The van der Waals surface area contributed by atoms with E-state index in [0.717, 1.165) is 5.56 Å². The molecular weight excluding hydrogens is 274 g/mol. The van der Waals surface area contributed by atoms with E-state index in [-0.39, 0.29) is 18.9 Å². The molecule has 1 saturated heterocycles. The Morgan fingerprint density at radius 1 is 1.38 bits per heavy atom. The van der Waals surface area contributed by atoms with Crippen molar-refractivity contribution in [2.24, 2.45) is 0 Å². The van der Waals surface area contributed by atoms with Crippen LogP contribution in [-0.4, -0.2) is 42.8 Å². The first kappa shape index (κ1) is 15.3. The van der Waals surface area contributed by atoms with Crippen molar-refractivity contribution in [1.82, 2.24) is 5.32 Å². The second kappa shape index (κ2) is 6.13. The third-order valence-corrected chi connectivity index (χ3v) is 3.80. The summed E-state index contributed by atoms with van der Waals surface area (Å²) in [6.07, 6.45) is 0.281. The number of nitrogens with one attached hydrogen (secondary N) is 1. The van der Waals surface area contributed by atoms with E-state index in [1.165, 1.54) is 0 Å². The molecule has 0 radical (unpaired) electrons. The zero-order chi connectivity index (χ0) is 15.5. The van der Waals surface area contributed by atoms with Crippen molar-refractivity contribution in [2.45, 2.75) is 24.8 Å². The molecule has 0 aromatic heterocycles. The average molecular weight is 293 g/mol. The van der Waals surface area contributed by atoms with E-state index in [4.69, 9.17) is 9.47 Å². The minimum absolute atomic E-state index is 0.00338. The van der Waals surface area contributed by atoms with E-state index < -0.39 is 17.4 Å². The Bertz CT molecular complexity index is 519. The molecule has 1 aliphatic rings. The molecule has 1 heterocycles. The van der Waals surface area contributed by atoms with Gasteiger partial charge in [0.05, 0.1) is 19.6 Å². The fourth-order valence-electron chi connectivity index (χ4n) is 2.27. The summed E-state index contributed by atoms with van der Waals surface area (Å²) in [7, 11) is 1.57. The third kappa shape index (κ3) is 3.16. The molecule has 2 N–H and O–H groups in total. The summed E-state index contributed by atoms with van der Waals surface area (Å²) in [5.74, 6) is -1.13. The molecule has 2 rings (SSSR count). The minimum atomic E-state index is -1.31. The Kier molecular flexibility index (Phi) is 4.47. The lowest BCUT2D eigenvalue weighted by Crippen LogP contribution is -2.56. The predicted molar refractivity (Wildman–Crippen MR) is 75.4 cm³/mol. The number of ether oxygens (including phenoxy) is 2. The van der Waals surface area contributed by atoms with Gasteiger partial charge in [0.25, 0.3) is 0 Å². The molecule has 114 valence electrons. The molecule has 1 aromatic carbocycles. The van der Waals surface area contributed by atoms with Gasteiger partial charge in [-0.25, -0.2) is 4.79 Å². The highest BCUT2D eigenvalue weighted by Gasteiger charge is 2.44. The summed E-state index contributed by atoms with van der Waals surface area (Å²) >= 11 is 0. The van der Waals surface area contributed by atoms with Gasteiger partial charge in [-0.3, -0.25) is 4.79 Å². The van der Waals surface area contributed by atoms with Crippen molar-refractivity contribution in [1.29, 1.82) is 0 Å². The largest absolute Gasteiger partial charge is 0.497 e. The maximum Gasteiger partial charge on any atom is 0.331 e. The first-order valence-electron chi connectivity index (χ1n) is 6.75. The minimum Gasteiger partial charge on any atom is -0.497 e. The molecule has 1 aliphatic heterocycles. The van der Waals surface area contributed by atoms with Gasteiger partial charge in [0.2, 0.25) is 5.91 Å². The third-order valence-electron chi connectivity index (χ3n) is 3.80. The summed E-state index contributed by atoms with van der Waals surface area (Å²) in [4.78, 5) is 23.7. The van der Waals surface area contributed by atoms with Crippen LogP contribution in [-0.2, 0) is 14.3 Å². The maximum atomic E-state index is 12.3. The van der Waals surface area contributed by atoms with E-state index in [9.17, 15) is 14.7 Å². The molecule has 21 heavy (non-hydrogen) atoms. The second-order valence-corrected chi connectivity index (χ2v) is 5.17. The normalized spacial score (nSPS) is 22.6. The first-order chi connectivity index (χ1) is 9.98. The lowest BCUT2D eigenvalue weighted by Gasteiger charge is -2.25. The molecule has 0 spiro atoms. The summed E-state index contributed by atoms with van der Waals surface area (Å²) < 4.78 is 10.2. The average Bonchev–Trinajstić information content (AvgIpc) is 2.96. The summed E-state index contributed by atoms with van der Waals surface area (Å²) in [6.45, 7) is 2.08. The number of amides is 1. The van der Waals surface area contributed by atoms with Crippen LogP contribution in [0.4, 0.5) is 0 Å². The lowest BCUT2D eigenvalue weighted by molar-refractivity contribution is -0.147. The van der Waals surface area contributed by atoms with E-state index in [1.54, 1.807) is 38.3 Å². The van der Waals surface area contributed by atoms with Crippen molar-refractivity contribution in [3.8, 4) is 5.75 Å². The smallest absolute Gasteiger partial charge is 0.331 e. The van der Waals surface area contributed by atoms with Gasteiger partial charge in [-0.1, -0.05) is 12.1 Å². The van der Waals surface area contributed by atoms with Crippen LogP contribution in [0.2, 0.25) is 0 Å². The van der Waals surface area contributed by atoms with E-state index in [0.29, 0.717) is 12.4 Å². The summed E-state index contributed by atoms with van der Waals surface area (Å²) in [5, 5.41) is 11.9. The Labute approximate surface area is 123 Å². The Balaban J connectivity index is 2.09. The van der Waals surface area contributed by atoms with E-state index in [1.807, 2.05) is 0 Å². The topological polar surface area (TPSA) is 84.9 Å². The molecule has 1 fully saturated rings. The number of carboxylic acid groups (broad SMARTS) is 1. The highest BCUT2D eigenvalue weighted by Crippen LogP contribution is 2.23. The van der Waals surface area contributed by atoms with Gasteiger partial charge in [0.1, 0.15) is 5.75 Å². The number of hydrogen-bond donors (Lipinski definition) is 2. The van der Waals surface area contributed by atoms with Crippen molar-refractivity contribution in [3.05, 3.63) is 29.8 Å². The molecule has 2 atom stereocenters. The number of aliphatic carboxylic acids is 1. The van der Waals surface area contributed by atoms with Crippen LogP contribution in [0.15, 0.2) is 24.3 Å². The van der Waals surface area contributed by atoms with Gasteiger partial charge in [0.15, 0.2) is 5.54 Å². The molecule has 0 bridgehead atoms. The fourth-order valence-corrected chi connectivity index (χ4v) is 2.27. The molecule has 6 nitrogen and oxygen atoms in total. The van der Waals surface area contributed by atoms with Crippen molar-refractivity contribution in [3.63, 3.8) is 0 Å². The maximum absolute atomic E-state index is 12.3. The van der Waals surface area contributed by atoms with Crippen LogP contribution in [0.5, 0.6) is 5.75 Å². The number of carboxylic acids is 1. The SMILES string of the molecule is COc1ccc(C(C)C(=O)NC2(C(=O)O)CCOC2)cc1. The van der Waals surface area contributed by atoms with E-state index >= 15 is 0 Å². The Hall–Kier alpha value is -2.08. The van der Waals surface area contributed by atoms with Crippen LogP contribution in [0.1, 0.15) is 24.8 Å². The van der Waals surface area contributed by atoms with Crippen LogP contribution >= 0.6 is 0 Å². The number of carbonyl (C=O) groups excluding carboxylic acids is 1. The van der Waals surface area contributed by atoms with Gasteiger partial charge < -0.3 is 19.9 Å². The standard InChI is InChI=1S/C15H19NO5/c1-10(11-3-5-12(20-2)6-4-11)13(17)16-15(14(18)19)7-8-21-9-15/h3-6,10H,7-9H2,1-2H3,(H,16,17)(H,18,19). The van der Waals surface area contributed by atoms with Crippen LogP contribution in [0.3, 0.4) is 0 Å². The quantitative estimate of drug-likeness (QED) is 0.851. The molecule has 0 aliphatic carbocycles. The number of benzene rings is 1. The Morgan fingerprint density at radius 3 is 2.52 bits per heavy atom. The van der Waals surface area contributed by atoms with Crippen LogP contribution in [0, 0.1) is 0 Å². The van der Waals surface area contributed by atoms with Crippen molar-refractivity contribution >= 4 is 11.9 Å². The van der Waals surface area contributed by atoms with Gasteiger partial charge in [0, 0.05) is 13.0 Å². The predicted octanol–water partition coefficient (Wildman–Crippen LogP) is 1.16. The van der Waals surface area contributed by atoms with Gasteiger partial charge >= 0.3 is 5.97 Å². The zero-order valence-corrected chi connectivity index (χ0v) is 12.1. The molecule has 1 amide bonds. The monoisotopic (exact) mass is 293 g/mol. The van der Waals surface area contributed by atoms with Crippen molar-refractivity contribution < 1.29 is 24.2 Å². The van der Waals surface area contributed by atoms with Gasteiger partial charge in [-0.2, -0.15) is 0 Å². The number of rotatable bonds is 5. The van der Waals surface area contributed by atoms with Crippen LogP contribution < -0.4 is 10.1 Å². The van der Waals surface area contributed by atoms with Gasteiger partial charge in [-0.15, -0.1) is 0 Å². The second-order valence-electron chi connectivity index (χ2n) is 5.17. The van der Waals surface area contributed by atoms with Gasteiger partial charge in [-0.05, 0) is 24.6 Å². The summed E-state index contributed by atoms with van der Waals surface area (Å²) in [5.41, 5.74) is -0.509. The molecular formula is C15H19NO5. The first-order valence-corrected chi connectivity index (χ1v) is 6.75. The number of hydrogen-bond acceptors (Lipinski definition) is 4. The Morgan fingerprint density at radius 2 is 2.05 bits per heavy atom. The number of methoxy groups -OCH3 is 1. The highest BCUT2D eigenvalue weighted by atomic mass is 16.5. The fraction of sp³-hybridized carbons (Fsp3) is 0.467. The molecule has 1 aromatic rings. The van der Waals surface area contributed by atoms with Crippen molar-refractivity contribution in [2.75, 3.05) is 20.3 Å². The molecule has 0 saturated carbocycles. The highest BCUT2D eigenvalue weighted by molar-refractivity contribution is 5.90. The van der Waals surface area contributed by atoms with E-state index in [2.05, 4.69) is 5.32 Å². The lowest BCUT2D eigenvalue weighted by atomic mass is 9.95. The molecule has 2 unspecified atom stereocenters.